The number of carbonyl (C=O) groups excluding carboxylic acids is 1. The first-order chi connectivity index (χ1) is 12.7. The molecule has 1 aromatic carbocycles. The van der Waals surface area contributed by atoms with Gasteiger partial charge in [0.2, 0.25) is 0 Å². The van der Waals surface area contributed by atoms with Gasteiger partial charge in [0.15, 0.2) is 0 Å². The molecule has 2 aliphatic heterocycles. The minimum atomic E-state index is -0.568. The van der Waals surface area contributed by atoms with E-state index < -0.39 is 6.10 Å². The van der Waals surface area contributed by atoms with Gasteiger partial charge in [-0.05, 0) is 49.1 Å². The number of H-pyrrole nitrogens is 1. The number of rotatable bonds is 1. The highest BCUT2D eigenvalue weighted by Crippen LogP contribution is 2.49. The lowest BCUT2D eigenvalue weighted by Crippen LogP contribution is -3.00. The highest BCUT2D eigenvalue weighted by Gasteiger charge is 2.49. The normalized spacial score (nSPS) is 32.7. The molecule has 5 nitrogen and oxygen atoms in total. The Kier molecular flexibility index (Phi) is 4.95. The monoisotopic (exact) mass is 389 g/mol. The Bertz CT molecular complexity index is 851. The smallest absolute Gasteiger partial charge is 0.311 e. The lowest BCUT2D eigenvalue weighted by atomic mass is 9.65. The van der Waals surface area contributed by atoms with Crippen LogP contribution >= 0.6 is 0 Å². The van der Waals surface area contributed by atoms with Crippen molar-refractivity contribution in [3.05, 3.63) is 35.5 Å². The molecule has 146 valence electrons. The van der Waals surface area contributed by atoms with Crippen LogP contribution in [-0.4, -0.2) is 47.3 Å². The number of benzene rings is 1. The first kappa shape index (κ1) is 18.8. The van der Waals surface area contributed by atoms with E-state index in [1.54, 1.807) is 0 Å². The van der Waals surface area contributed by atoms with Crippen molar-refractivity contribution < 1.29 is 27.0 Å². The van der Waals surface area contributed by atoms with E-state index in [0.29, 0.717) is 18.4 Å². The molecule has 0 radical (unpaired) electrons. The second kappa shape index (κ2) is 7.12. The molecule has 6 heteroatoms. The van der Waals surface area contributed by atoms with E-state index in [9.17, 15) is 9.90 Å². The number of fused-ring (bicyclic) bond motifs is 6. The first-order valence-electron chi connectivity index (χ1n) is 9.76. The second-order valence-corrected chi connectivity index (χ2v) is 8.18. The minimum Gasteiger partial charge on any atom is -1.00 e. The van der Waals surface area contributed by atoms with Crippen molar-refractivity contribution in [3.63, 3.8) is 0 Å². The summed E-state index contributed by atoms with van der Waals surface area (Å²) in [7, 11) is 1.43. The number of esters is 1. The topological polar surface area (TPSA) is 65.6 Å². The lowest BCUT2D eigenvalue weighted by Gasteiger charge is -2.50. The Labute approximate surface area is 165 Å². The quantitative estimate of drug-likeness (QED) is 0.654. The number of para-hydroxylation sites is 1. The van der Waals surface area contributed by atoms with Crippen LogP contribution in [-0.2, 0) is 16.0 Å². The number of carbonyl (C=O) groups is 1. The number of ether oxygens (including phenoxy) is 1. The number of methoxy groups -OCH3 is 1. The van der Waals surface area contributed by atoms with Crippen molar-refractivity contribution in [1.82, 2.24) is 9.88 Å². The third-order valence-corrected chi connectivity index (χ3v) is 7.02. The fourth-order valence-corrected chi connectivity index (χ4v) is 5.80. The van der Waals surface area contributed by atoms with E-state index in [-0.39, 0.29) is 30.2 Å². The number of nitrogens with one attached hydrogen (secondary N) is 1. The molecule has 0 amide bonds. The van der Waals surface area contributed by atoms with E-state index in [1.165, 1.54) is 29.3 Å². The number of hydrogen-bond acceptors (Lipinski definition) is 4. The van der Waals surface area contributed by atoms with Crippen LogP contribution in [0.2, 0.25) is 0 Å². The molecule has 0 unspecified atom stereocenters. The second-order valence-electron chi connectivity index (χ2n) is 8.18. The highest BCUT2D eigenvalue weighted by molar-refractivity contribution is 5.85. The van der Waals surface area contributed by atoms with Crippen LogP contribution in [0.4, 0.5) is 0 Å². The van der Waals surface area contributed by atoms with E-state index in [2.05, 4.69) is 34.1 Å². The molecule has 3 aliphatic rings. The first-order valence-corrected chi connectivity index (χ1v) is 9.76. The highest BCUT2D eigenvalue weighted by atomic mass is 35.5. The molecule has 2 N–H and O–H groups in total. The van der Waals surface area contributed by atoms with Crippen LogP contribution in [0.5, 0.6) is 0 Å². The average molecular weight is 390 g/mol. The molecular formula is C21H26ClN2O3-. The summed E-state index contributed by atoms with van der Waals surface area (Å²) in [6, 6.07) is 8.83. The zero-order chi connectivity index (χ0) is 17.8. The number of hydrogen-bond donors (Lipinski definition) is 2. The van der Waals surface area contributed by atoms with Crippen LogP contribution in [0, 0.1) is 17.8 Å². The Morgan fingerprint density at radius 1 is 1.30 bits per heavy atom. The van der Waals surface area contributed by atoms with E-state index in [0.717, 1.165) is 32.4 Å². The molecule has 2 fully saturated rings. The molecular weight excluding hydrogens is 364 g/mol. The Morgan fingerprint density at radius 3 is 2.93 bits per heavy atom. The van der Waals surface area contributed by atoms with Gasteiger partial charge in [-0.25, -0.2) is 0 Å². The number of piperidine rings is 1. The zero-order valence-corrected chi connectivity index (χ0v) is 16.3. The van der Waals surface area contributed by atoms with Crippen LogP contribution in [0.3, 0.4) is 0 Å². The third kappa shape index (κ3) is 2.87. The number of aromatic nitrogens is 1. The Balaban J connectivity index is 0.00000180. The fourth-order valence-electron chi connectivity index (χ4n) is 5.80. The Morgan fingerprint density at radius 2 is 2.11 bits per heavy atom. The van der Waals surface area contributed by atoms with Gasteiger partial charge in [0.1, 0.15) is 0 Å². The number of aliphatic hydroxyl groups excluding tert-OH is 1. The molecule has 27 heavy (non-hydrogen) atoms. The molecule has 3 heterocycles. The molecule has 5 atom stereocenters. The predicted octanol–water partition coefficient (Wildman–Crippen LogP) is -0.349. The Hall–Kier alpha value is -1.56. The van der Waals surface area contributed by atoms with Gasteiger partial charge in [-0.15, -0.1) is 0 Å². The standard InChI is InChI=1S/C21H26N2O3.ClH/c1-26-21(25)19-15-10-17-20-14(13-4-2-3-5-16(13)22-20)8-9-23(17)11-12(15)6-7-18(19)24;/h2-5,12,15,17-19,22,24H,6-11H2,1H3;1H/p-1/t12-,15-,17-,18-,19-;/m0./s1. The maximum Gasteiger partial charge on any atom is 0.311 e. The van der Waals surface area contributed by atoms with Crippen molar-refractivity contribution in [2.75, 3.05) is 20.2 Å². The summed E-state index contributed by atoms with van der Waals surface area (Å²) < 4.78 is 5.04. The van der Waals surface area contributed by atoms with Gasteiger partial charge in [-0.2, -0.15) is 0 Å². The van der Waals surface area contributed by atoms with E-state index in [1.807, 2.05) is 0 Å². The van der Waals surface area contributed by atoms with Crippen molar-refractivity contribution in [1.29, 1.82) is 0 Å². The number of aromatic amines is 1. The lowest BCUT2D eigenvalue weighted by molar-refractivity contribution is -0.160. The van der Waals surface area contributed by atoms with E-state index in [4.69, 9.17) is 4.74 Å². The molecule has 1 saturated heterocycles. The van der Waals surface area contributed by atoms with Crippen molar-refractivity contribution >= 4 is 16.9 Å². The number of nitrogens with zero attached hydrogens (tertiary/aromatic N) is 1. The molecule has 0 spiro atoms. The summed E-state index contributed by atoms with van der Waals surface area (Å²) in [5.74, 6) is 0.0541. The van der Waals surface area contributed by atoms with Crippen LogP contribution in [0.25, 0.3) is 10.9 Å². The minimum absolute atomic E-state index is 0. The van der Waals surface area contributed by atoms with E-state index >= 15 is 0 Å². The molecule has 1 aliphatic carbocycles. The van der Waals surface area contributed by atoms with Crippen LogP contribution < -0.4 is 12.4 Å². The van der Waals surface area contributed by atoms with Crippen molar-refractivity contribution in [2.24, 2.45) is 17.8 Å². The molecule has 2 aromatic rings. The zero-order valence-electron chi connectivity index (χ0n) is 15.5. The molecule has 5 rings (SSSR count). The molecule has 1 aromatic heterocycles. The van der Waals surface area contributed by atoms with Crippen LogP contribution in [0.15, 0.2) is 24.3 Å². The van der Waals surface area contributed by atoms with Crippen LogP contribution in [0.1, 0.15) is 36.6 Å². The molecule has 0 bridgehead atoms. The van der Waals surface area contributed by atoms with Crippen molar-refractivity contribution in [3.8, 4) is 0 Å². The van der Waals surface area contributed by atoms with Gasteiger partial charge in [0.25, 0.3) is 0 Å². The molecule has 1 saturated carbocycles. The fraction of sp³-hybridized carbons (Fsp3) is 0.571. The van der Waals surface area contributed by atoms with Crippen molar-refractivity contribution in [2.45, 2.75) is 37.8 Å². The summed E-state index contributed by atoms with van der Waals surface area (Å²) in [4.78, 5) is 18.6. The summed E-state index contributed by atoms with van der Waals surface area (Å²) in [6.07, 6.45) is 3.14. The summed E-state index contributed by atoms with van der Waals surface area (Å²) in [5, 5.41) is 11.8. The maximum atomic E-state index is 12.4. The number of halogens is 1. The van der Waals surface area contributed by atoms with Gasteiger partial charge in [-0.1, -0.05) is 18.2 Å². The van der Waals surface area contributed by atoms with Gasteiger partial charge in [-0.3, -0.25) is 9.69 Å². The summed E-state index contributed by atoms with van der Waals surface area (Å²) >= 11 is 0. The summed E-state index contributed by atoms with van der Waals surface area (Å²) in [6.45, 7) is 2.10. The third-order valence-electron chi connectivity index (χ3n) is 7.02. The number of aliphatic hydroxyl groups is 1. The SMILES string of the molecule is COC(=O)[C@H]1[C@H]2C[C@H]3c4[nH]c5ccccc5c4CCN3C[C@@H]2CC[C@@H]1O.[Cl-]. The van der Waals surface area contributed by atoms with Gasteiger partial charge >= 0.3 is 5.97 Å². The van der Waals surface area contributed by atoms with Gasteiger partial charge in [0.05, 0.1) is 25.2 Å². The predicted molar refractivity (Wildman–Crippen MR) is 98.7 cm³/mol. The van der Waals surface area contributed by atoms with Gasteiger partial charge in [0, 0.05) is 29.7 Å². The summed E-state index contributed by atoms with van der Waals surface area (Å²) in [5.41, 5.74) is 3.96. The van der Waals surface area contributed by atoms with Gasteiger partial charge < -0.3 is 27.2 Å². The maximum absolute atomic E-state index is 12.4. The largest absolute Gasteiger partial charge is 1.00 e. The average Bonchev–Trinajstić information content (AvgIpc) is 3.05.